The van der Waals surface area contributed by atoms with Gasteiger partial charge in [-0.15, -0.1) is 24.0 Å². The summed E-state index contributed by atoms with van der Waals surface area (Å²) < 4.78 is 5.31. The van der Waals surface area contributed by atoms with Crippen LogP contribution in [0.15, 0.2) is 4.99 Å². The predicted octanol–water partition coefficient (Wildman–Crippen LogP) is 3.85. The average Bonchev–Trinajstić information content (AvgIpc) is 2.52. The maximum Gasteiger partial charge on any atom is 0.193 e. The Labute approximate surface area is 170 Å². The molecule has 0 amide bonds. The standard InChI is InChI=1S/C18H35N3OS.HI/c1-5-19-17(21-10-12-23-16(13-21)15(2)3)20-14-18(7-6-8-18)9-11-22-4;/h15-16H,5-14H2,1-4H3,(H,19,20);1H. The summed E-state index contributed by atoms with van der Waals surface area (Å²) in [6.45, 7) is 11.8. The summed E-state index contributed by atoms with van der Waals surface area (Å²) in [4.78, 5) is 7.52. The molecule has 1 aliphatic heterocycles. The van der Waals surface area contributed by atoms with Crippen LogP contribution in [0.3, 0.4) is 0 Å². The lowest BCUT2D eigenvalue weighted by Crippen LogP contribution is -2.49. The number of guanidine groups is 1. The quantitative estimate of drug-likeness (QED) is 0.349. The van der Waals surface area contributed by atoms with Gasteiger partial charge in [-0.2, -0.15) is 11.8 Å². The van der Waals surface area contributed by atoms with E-state index in [1.165, 1.54) is 25.0 Å². The average molecular weight is 469 g/mol. The Balaban J connectivity index is 0.00000288. The molecule has 2 fully saturated rings. The molecule has 1 saturated carbocycles. The number of hydrogen-bond donors (Lipinski definition) is 1. The molecule has 0 spiro atoms. The number of methoxy groups -OCH3 is 1. The van der Waals surface area contributed by atoms with E-state index in [1.54, 1.807) is 7.11 Å². The van der Waals surface area contributed by atoms with E-state index in [4.69, 9.17) is 9.73 Å². The molecule has 6 heteroatoms. The third-order valence-electron chi connectivity index (χ3n) is 5.29. The van der Waals surface area contributed by atoms with E-state index in [0.29, 0.717) is 5.41 Å². The van der Waals surface area contributed by atoms with Crippen LogP contribution in [-0.4, -0.2) is 61.8 Å². The van der Waals surface area contributed by atoms with Gasteiger partial charge in [0.05, 0.1) is 0 Å². The van der Waals surface area contributed by atoms with Crippen molar-refractivity contribution < 1.29 is 4.74 Å². The minimum atomic E-state index is 0. The maximum absolute atomic E-state index is 5.31. The fourth-order valence-corrected chi connectivity index (χ4v) is 4.72. The normalized spacial score (nSPS) is 23.6. The van der Waals surface area contributed by atoms with Gasteiger partial charge in [0.15, 0.2) is 5.96 Å². The Morgan fingerprint density at radius 2 is 2.17 bits per heavy atom. The van der Waals surface area contributed by atoms with Gasteiger partial charge in [-0.3, -0.25) is 4.99 Å². The number of rotatable bonds is 7. The van der Waals surface area contributed by atoms with Crippen LogP contribution in [0, 0.1) is 11.3 Å². The van der Waals surface area contributed by atoms with Gasteiger partial charge in [0.1, 0.15) is 0 Å². The van der Waals surface area contributed by atoms with Crippen LogP contribution in [0.2, 0.25) is 0 Å². The highest BCUT2D eigenvalue weighted by atomic mass is 127. The molecule has 1 atom stereocenters. The lowest BCUT2D eigenvalue weighted by molar-refractivity contribution is 0.0776. The zero-order chi connectivity index (χ0) is 16.7. The Bertz CT molecular complexity index is 388. The molecule has 1 N–H and O–H groups in total. The maximum atomic E-state index is 5.31. The van der Waals surface area contributed by atoms with Gasteiger partial charge >= 0.3 is 0 Å². The number of hydrogen-bond acceptors (Lipinski definition) is 3. The van der Waals surface area contributed by atoms with E-state index >= 15 is 0 Å². The first-order valence-corrected chi connectivity index (χ1v) is 10.3. The highest BCUT2D eigenvalue weighted by Gasteiger charge is 2.36. The summed E-state index contributed by atoms with van der Waals surface area (Å²) in [5, 5.41) is 4.25. The van der Waals surface area contributed by atoms with E-state index < -0.39 is 0 Å². The van der Waals surface area contributed by atoms with Crippen LogP contribution in [0.4, 0.5) is 0 Å². The molecule has 0 bridgehead atoms. The van der Waals surface area contributed by atoms with Gasteiger partial charge in [-0.1, -0.05) is 20.3 Å². The largest absolute Gasteiger partial charge is 0.385 e. The molecule has 2 aliphatic rings. The third kappa shape index (κ3) is 6.24. The van der Waals surface area contributed by atoms with Crippen molar-refractivity contribution >= 4 is 41.7 Å². The number of nitrogens with zero attached hydrogens (tertiary/aromatic N) is 2. The Hall–Kier alpha value is 0.310. The molecule has 0 radical (unpaired) electrons. The van der Waals surface area contributed by atoms with E-state index in [2.05, 4.69) is 42.7 Å². The topological polar surface area (TPSA) is 36.9 Å². The smallest absolute Gasteiger partial charge is 0.193 e. The van der Waals surface area contributed by atoms with Gasteiger partial charge in [-0.25, -0.2) is 0 Å². The highest BCUT2D eigenvalue weighted by Crippen LogP contribution is 2.44. The fraction of sp³-hybridized carbons (Fsp3) is 0.944. The van der Waals surface area contributed by atoms with E-state index in [9.17, 15) is 0 Å². The van der Waals surface area contributed by atoms with Crippen LogP contribution in [0.5, 0.6) is 0 Å². The summed E-state index contributed by atoms with van der Waals surface area (Å²) in [5.41, 5.74) is 0.401. The van der Waals surface area contributed by atoms with Crippen molar-refractivity contribution in [2.45, 2.75) is 51.7 Å². The fourth-order valence-electron chi connectivity index (χ4n) is 3.42. The van der Waals surface area contributed by atoms with Crippen molar-refractivity contribution in [1.29, 1.82) is 0 Å². The van der Waals surface area contributed by atoms with Crippen molar-refractivity contribution in [2.24, 2.45) is 16.3 Å². The van der Waals surface area contributed by atoms with Crippen LogP contribution in [0.25, 0.3) is 0 Å². The molecular formula is C18H36IN3OS. The van der Waals surface area contributed by atoms with Crippen LogP contribution in [0.1, 0.15) is 46.5 Å². The molecule has 0 aromatic heterocycles. The number of ether oxygens (including phenoxy) is 1. The summed E-state index contributed by atoms with van der Waals surface area (Å²) in [6.07, 6.45) is 5.12. The highest BCUT2D eigenvalue weighted by molar-refractivity contribution is 14.0. The zero-order valence-corrected chi connectivity index (χ0v) is 19.0. The summed E-state index contributed by atoms with van der Waals surface area (Å²) in [5.74, 6) is 3.06. The molecule has 4 nitrogen and oxygen atoms in total. The van der Waals surface area contributed by atoms with Crippen molar-refractivity contribution in [2.75, 3.05) is 45.6 Å². The molecule has 142 valence electrons. The lowest BCUT2D eigenvalue weighted by Gasteiger charge is -2.41. The van der Waals surface area contributed by atoms with Gasteiger partial charge in [0.25, 0.3) is 0 Å². The van der Waals surface area contributed by atoms with Crippen LogP contribution < -0.4 is 5.32 Å². The van der Waals surface area contributed by atoms with Crippen molar-refractivity contribution in [3.8, 4) is 0 Å². The third-order valence-corrected chi connectivity index (χ3v) is 6.83. The van der Waals surface area contributed by atoms with Gasteiger partial charge < -0.3 is 15.0 Å². The first-order chi connectivity index (χ1) is 11.1. The van der Waals surface area contributed by atoms with Gasteiger partial charge in [0.2, 0.25) is 0 Å². The molecule has 1 saturated heterocycles. The molecule has 0 aromatic carbocycles. The van der Waals surface area contributed by atoms with Gasteiger partial charge in [-0.05, 0) is 37.5 Å². The monoisotopic (exact) mass is 469 g/mol. The van der Waals surface area contributed by atoms with Crippen LogP contribution >= 0.6 is 35.7 Å². The minimum Gasteiger partial charge on any atom is -0.385 e. The number of aliphatic imine (C=N–C) groups is 1. The van der Waals surface area contributed by atoms with E-state index in [0.717, 1.165) is 56.3 Å². The van der Waals surface area contributed by atoms with Crippen molar-refractivity contribution in [3.63, 3.8) is 0 Å². The second-order valence-corrected chi connectivity index (χ2v) is 8.71. The van der Waals surface area contributed by atoms with E-state index in [1.807, 2.05) is 0 Å². The van der Waals surface area contributed by atoms with Crippen molar-refractivity contribution in [1.82, 2.24) is 10.2 Å². The molecule has 1 unspecified atom stereocenters. The molecule has 2 rings (SSSR count). The zero-order valence-electron chi connectivity index (χ0n) is 15.8. The molecule has 0 aromatic rings. The predicted molar refractivity (Wildman–Crippen MR) is 117 cm³/mol. The Morgan fingerprint density at radius 1 is 1.42 bits per heavy atom. The number of nitrogens with one attached hydrogen (secondary N) is 1. The van der Waals surface area contributed by atoms with Crippen LogP contribution in [-0.2, 0) is 4.74 Å². The first kappa shape index (κ1) is 22.4. The summed E-state index contributed by atoms with van der Waals surface area (Å²) >= 11 is 2.12. The second kappa shape index (κ2) is 11.1. The molecule has 24 heavy (non-hydrogen) atoms. The number of thioether (sulfide) groups is 1. The SMILES string of the molecule is CCNC(=NCC1(CCOC)CCC1)N1CCSC(C(C)C)C1.I. The Kier molecular flexibility index (Phi) is 10.4. The first-order valence-electron chi connectivity index (χ1n) is 9.24. The molecule has 1 aliphatic carbocycles. The Morgan fingerprint density at radius 3 is 2.71 bits per heavy atom. The minimum absolute atomic E-state index is 0. The van der Waals surface area contributed by atoms with E-state index in [-0.39, 0.29) is 24.0 Å². The lowest BCUT2D eigenvalue weighted by atomic mass is 9.67. The molecule has 1 heterocycles. The van der Waals surface area contributed by atoms with Gasteiger partial charge in [0, 0.05) is 50.9 Å². The summed E-state index contributed by atoms with van der Waals surface area (Å²) in [6, 6.07) is 0. The second-order valence-electron chi connectivity index (χ2n) is 7.37. The van der Waals surface area contributed by atoms with Crippen molar-refractivity contribution in [3.05, 3.63) is 0 Å². The molecular weight excluding hydrogens is 433 g/mol. The number of halogens is 1. The summed E-state index contributed by atoms with van der Waals surface area (Å²) in [7, 11) is 1.80.